The summed E-state index contributed by atoms with van der Waals surface area (Å²) in [6.07, 6.45) is 2.74. The third kappa shape index (κ3) is 3.76. The van der Waals surface area contributed by atoms with Gasteiger partial charge in [0.05, 0.1) is 15.8 Å². The number of carbonyl (C=O) groups excluding carboxylic acids is 1. The van der Waals surface area contributed by atoms with Crippen LogP contribution in [0.1, 0.15) is 26.9 Å². The summed E-state index contributed by atoms with van der Waals surface area (Å²) in [5.74, 6) is 2.19. The van der Waals surface area contributed by atoms with Crippen LogP contribution in [0.4, 0.5) is 5.69 Å². The Labute approximate surface area is 159 Å². The van der Waals surface area contributed by atoms with Gasteiger partial charge in [-0.05, 0) is 58.2 Å². The summed E-state index contributed by atoms with van der Waals surface area (Å²) in [5.41, 5.74) is 3.20. The van der Waals surface area contributed by atoms with Gasteiger partial charge in [-0.15, -0.1) is 28.6 Å². The molecule has 6 nitrogen and oxygen atoms in total. The highest BCUT2D eigenvalue weighted by Gasteiger charge is 2.18. The number of para-hydroxylation sites is 1. The minimum atomic E-state index is -0.183. The molecule has 1 aromatic heterocycles. The average molecular weight is 384 g/mol. The minimum Gasteiger partial charge on any atom is -0.322 e. The van der Waals surface area contributed by atoms with Gasteiger partial charge in [-0.2, -0.15) is 4.68 Å². The summed E-state index contributed by atoms with van der Waals surface area (Å²) in [4.78, 5) is 12.8. The Balaban J connectivity index is 1.56. The normalized spacial score (nSPS) is 14.9. The molecule has 1 aliphatic heterocycles. The predicted octanol–water partition coefficient (Wildman–Crippen LogP) is 3.78. The third-order valence-electron chi connectivity index (χ3n) is 3.99. The first-order valence-electron chi connectivity index (χ1n) is 8.28. The summed E-state index contributed by atoms with van der Waals surface area (Å²) < 4.78 is 1.93. The first-order chi connectivity index (χ1) is 12.8. The summed E-state index contributed by atoms with van der Waals surface area (Å²) in [5, 5.41) is 14.2. The van der Waals surface area contributed by atoms with Crippen LogP contribution in [-0.2, 0) is 0 Å². The van der Waals surface area contributed by atoms with Gasteiger partial charge < -0.3 is 5.32 Å². The number of hydrogen-bond donors (Lipinski definition) is 1. The van der Waals surface area contributed by atoms with Crippen LogP contribution in [0.15, 0.2) is 54.9 Å². The van der Waals surface area contributed by atoms with Crippen LogP contribution in [-0.4, -0.2) is 37.6 Å². The quantitative estimate of drug-likeness (QED) is 0.739. The van der Waals surface area contributed by atoms with Crippen molar-refractivity contribution in [2.75, 3.05) is 16.8 Å². The molecule has 4 rings (SSSR count). The molecule has 26 heavy (non-hydrogen) atoms. The zero-order chi connectivity index (χ0) is 17.8. The number of hydrogen-bond acceptors (Lipinski definition) is 6. The van der Waals surface area contributed by atoms with Crippen LogP contribution < -0.4 is 5.32 Å². The van der Waals surface area contributed by atoms with E-state index in [2.05, 4.69) is 33.0 Å². The molecule has 2 heterocycles. The summed E-state index contributed by atoms with van der Waals surface area (Å²) in [6, 6.07) is 15.4. The largest absolute Gasteiger partial charge is 0.322 e. The monoisotopic (exact) mass is 383 g/mol. The first kappa shape index (κ1) is 17.1. The SMILES string of the molecule is O=C(Nc1cccc(C2SCCCS2)c1)c1ccccc1-n1cnnn1. The first-order valence-corrected chi connectivity index (χ1v) is 10.4. The number of rotatable bonds is 4. The average Bonchev–Trinajstić information content (AvgIpc) is 3.23. The van der Waals surface area contributed by atoms with Crippen molar-refractivity contribution in [1.29, 1.82) is 0 Å². The van der Waals surface area contributed by atoms with Crippen LogP contribution >= 0.6 is 23.5 Å². The Hall–Kier alpha value is -2.32. The number of nitrogens with one attached hydrogen (secondary N) is 1. The molecule has 0 radical (unpaired) electrons. The molecule has 0 saturated carbocycles. The molecule has 0 aliphatic carbocycles. The van der Waals surface area contributed by atoms with Gasteiger partial charge >= 0.3 is 0 Å². The van der Waals surface area contributed by atoms with E-state index in [-0.39, 0.29) is 5.91 Å². The van der Waals surface area contributed by atoms with E-state index in [0.717, 1.165) is 5.69 Å². The number of aromatic nitrogens is 4. The molecule has 1 aliphatic rings. The highest BCUT2D eigenvalue weighted by atomic mass is 32.2. The molecule has 0 spiro atoms. The second kappa shape index (κ2) is 7.92. The zero-order valence-electron chi connectivity index (χ0n) is 13.9. The van der Waals surface area contributed by atoms with E-state index >= 15 is 0 Å². The number of nitrogens with zero attached hydrogens (tertiary/aromatic N) is 4. The maximum atomic E-state index is 12.8. The molecule has 1 N–H and O–H groups in total. The maximum absolute atomic E-state index is 12.8. The van der Waals surface area contributed by atoms with Crippen molar-refractivity contribution in [3.8, 4) is 5.69 Å². The van der Waals surface area contributed by atoms with Crippen LogP contribution in [0.25, 0.3) is 5.69 Å². The van der Waals surface area contributed by atoms with Gasteiger partial charge in [0, 0.05) is 5.69 Å². The summed E-state index contributed by atoms with van der Waals surface area (Å²) in [7, 11) is 0. The van der Waals surface area contributed by atoms with Crippen LogP contribution in [0.5, 0.6) is 0 Å². The van der Waals surface area contributed by atoms with Gasteiger partial charge in [0.25, 0.3) is 5.91 Å². The second-order valence-corrected chi connectivity index (χ2v) is 8.50. The van der Waals surface area contributed by atoms with Gasteiger partial charge in [-0.3, -0.25) is 4.79 Å². The lowest BCUT2D eigenvalue weighted by atomic mass is 10.1. The summed E-state index contributed by atoms with van der Waals surface area (Å²) >= 11 is 3.93. The van der Waals surface area contributed by atoms with Crippen LogP contribution in [0, 0.1) is 0 Å². The molecule has 1 amide bonds. The van der Waals surface area contributed by atoms with Crippen LogP contribution in [0.2, 0.25) is 0 Å². The molecular weight excluding hydrogens is 366 g/mol. The Bertz CT molecular complexity index is 894. The smallest absolute Gasteiger partial charge is 0.257 e. The zero-order valence-corrected chi connectivity index (χ0v) is 15.5. The Morgan fingerprint density at radius 2 is 1.96 bits per heavy atom. The van der Waals surface area contributed by atoms with E-state index in [9.17, 15) is 4.79 Å². The predicted molar refractivity (Wildman–Crippen MR) is 106 cm³/mol. The molecule has 1 saturated heterocycles. The lowest BCUT2D eigenvalue weighted by Crippen LogP contribution is -2.15. The van der Waals surface area contributed by atoms with E-state index in [0.29, 0.717) is 15.8 Å². The number of amides is 1. The summed E-state index contributed by atoms with van der Waals surface area (Å²) in [6.45, 7) is 0. The van der Waals surface area contributed by atoms with E-state index < -0.39 is 0 Å². The Kier molecular flexibility index (Phi) is 5.21. The maximum Gasteiger partial charge on any atom is 0.257 e. The minimum absolute atomic E-state index is 0.183. The van der Waals surface area contributed by atoms with E-state index in [1.54, 1.807) is 6.07 Å². The van der Waals surface area contributed by atoms with Gasteiger partial charge in [0.1, 0.15) is 6.33 Å². The van der Waals surface area contributed by atoms with Gasteiger partial charge in [-0.1, -0.05) is 24.3 Å². The molecule has 8 heteroatoms. The third-order valence-corrected chi connectivity index (χ3v) is 7.00. The van der Waals surface area contributed by atoms with Gasteiger partial charge in [0.15, 0.2) is 0 Å². The Morgan fingerprint density at radius 1 is 1.12 bits per heavy atom. The molecule has 132 valence electrons. The fourth-order valence-electron chi connectivity index (χ4n) is 2.78. The van der Waals surface area contributed by atoms with Crippen LogP contribution in [0.3, 0.4) is 0 Å². The van der Waals surface area contributed by atoms with Crippen molar-refractivity contribution in [3.05, 3.63) is 66.0 Å². The molecule has 2 aromatic carbocycles. The molecule has 0 bridgehead atoms. The Morgan fingerprint density at radius 3 is 2.77 bits per heavy atom. The van der Waals surface area contributed by atoms with E-state index in [1.165, 1.54) is 34.5 Å². The fraction of sp³-hybridized carbons (Fsp3) is 0.222. The highest BCUT2D eigenvalue weighted by molar-refractivity contribution is 8.16. The molecular formula is C18H17N5OS2. The number of thioether (sulfide) groups is 2. The fourth-order valence-corrected chi connectivity index (χ4v) is 5.65. The van der Waals surface area contributed by atoms with Gasteiger partial charge in [0.2, 0.25) is 0 Å². The second-order valence-electron chi connectivity index (χ2n) is 5.78. The topological polar surface area (TPSA) is 72.7 Å². The molecule has 0 unspecified atom stereocenters. The van der Waals surface area contributed by atoms with Crippen molar-refractivity contribution in [2.24, 2.45) is 0 Å². The standard InChI is InChI=1S/C18H17N5OS2/c24-17(15-7-1-2-8-16(15)23-12-19-21-22-23)20-14-6-3-5-13(11-14)18-25-9-4-10-26-18/h1-3,5-8,11-12,18H,4,9-10H2,(H,20,24). The number of tetrazole rings is 1. The number of anilines is 1. The lowest BCUT2D eigenvalue weighted by molar-refractivity contribution is 0.102. The van der Waals surface area contributed by atoms with Gasteiger partial charge in [-0.25, -0.2) is 0 Å². The number of benzene rings is 2. The molecule has 1 fully saturated rings. The molecule has 0 atom stereocenters. The van der Waals surface area contributed by atoms with Crippen molar-refractivity contribution < 1.29 is 4.79 Å². The molecule has 3 aromatic rings. The van der Waals surface area contributed by atoms with E-state index in [1.807, 2.05) is 53.9 Å². The number of carbonyl (C=O) groups is 1. The highest BCUT2D eigenvalue weighted by Crippen LogP contribution is 2.44. The van der Waals surface area contributed by atoms with Crippen molar-refractivity contribution in [1.82, 2.24) is 20.2 Å². The van der Waals surface area contributed by atoms with Crippen molar-refractivity contribution >= 4 is 35.1 Å². The van der Waals surface area contributed by atoms with Crippen molar-refractivity contribution in [2.45, 2.75) is 11.0 Å². The van der Waals surface area contributed by atoms with E-state index in [4.69, 9.17) is 0 Å². The van der Waals surface area contributed by atoms with Crippen molar-refractivity contribution in [3.63, 3.8) is 0 Å². The lowest BCUT2D eigenvalue weighted by Gasteiger charge is -2.21.